The van der Waals surface area contributed by atoms with Crippen LogP contribution in [0.4, 0.5) is 4.39 Å². The second-order valence-corrected chi connectivity index (χ2v) is 6.92. The molecule has 0 aliphatic heterocycles. The molecule has 3 nitrogen and oxygen atoms in total. The Hall–Kier alpha value is -2.88. The average molecular weight is 348 g/mol. The zero-order valence-electron chi connectivity index (χ0n) is 14.9. The molecule has 0 radical (unpaired) electrons. The van der Waals surface area contributed by atoms with Crippen molar-refractivity contribution in [3.05, 3.63) is 82.4 Å². The van der Waals surface area contributed by atoms with Crippen LogP contribution in [0.3, 0.4) is 0 Å². The fourth-order valence-electron chi connectivity index (χ4n) is 4.40. The molecule has 1 amide bonds. The van der Waals surface area contributed by atoms with E-state index < -0.39 is 5.91 Å². The number of benzene rings is 2. The quantitative estimate of drug-likeness (QED) is 0.742. The van der Waals surface area contributed by atoms with Gasteiger partial charge in [0.15, 0.2) is 0 Å². The van der Waals surface area contributed by atoms with E-state index in [1.165, 1.54) is 23.3 Å². The highest BCUT2D eigenvalue weighted by Crippen LogP contribution is 2.41. The second kappa shape index (κ2) is 6.13. The molecular weight excluding hydrogens is 327 g/mol. The van der Waals surface area contributed by atoms with Crippen LogP contribution >= 0.6 is 0 Å². The molecule has 0 fully saturated rings. The zero-order chi connectivity index (χ0) is 18.4. The molecule has 26 heavy (non-hydrogen) atoms. The van der Waals surface area contributed by atoms with Gasteiger partial charge in [-0.3, -0.25) is 4.79 Å². The lowest BCUT2D eigenvalue weighted by atomic mass is 10.00. The number of primary amides is 1. The molecule has 0 saturated heterocycles. The topological polar surface area (TPSA) is 48.0 Å². The van der Waals surface area contributed by atoms with Crippen LogP contribution in [-0.4, -0.2) is 10.5 Å². The van der Waals surface area contributed by atoms with Crippen molar-refractivity contribution in [3.63, 3.8) is 0 Å². The molecule has 4 heteroatoms. The van der Waals surface area contributed by atoms with Gasteiger partial charge >= 0.3 is 0 Å². The minimum Gasteiger partial charge on any atom is -0.366 e. The number of nitrogens with two attached hydrogens (primary N) is 1. The van der Waals surface area contributed by atoms with E-state index in [9.17, 15) is 9.18 Å². The van der Waals surface area contributed by atoms with Gasteiger partial charge in [-0.25, -0.2) is 4.39 Å². The summed E-state index contributed by atoms with van der Waals surface area (Å²) in [7, 11) is 0. The van der Waals surface area contributed by atoms with E-state index in [0.717, 1.165) is 35.4 Å². The van der Waals surface area contributed by atoms with Crippen LogP contribution in [0.1, 0.15) is 45.3 Å². The first-order valence-corrected chi connectivity index (χ1v) is 8.84. The van der Waals surface area contributed by atoms with Crippen molar-refractivity contribution in [2.45, 2.75) is 32.7 Å². The minimum atomic E-state index is -0.449. The molecule has 1 aromatic heterocycles. The lowest BCUT2D eigenvalue weighted by Crippen LogP contribution is -2.15. The van der Waals surface area contributed by atoms with E-state index >= 15 is 0 Å². The summed E-state index contributed by atoms with van der Waals surface area (Å²) in [5.74, 6) is -0.747. The fourth-order valence-corrected chi connectivity index (χ4v) is 4.40. The van der Waals surface area contributed by atoms with Gasteiger partial charge in [-0.1, -0.05) is 36.4 Å². The molecule has 1 aliphatic rings. The first-order valence-electron chi connectivity index (χ1n) is 8.84. The number of carbonyl (C=O) groups excluding carboxylic acids is 1. The van der Waals surface area contributed by atoms with Gasteiger partial charge in [-0.2, -0.15) is 0 Å². The Bertz CT molecular complexity index is 1000. The van der Waals surface area contributed by atoms with Crippen molar-refractivity contribution < 1.29 is 9.18 Å². The second-order valence-electron chi connectivity index (χ2n) is 6.92. The van der Waals surface area contributed by atoms with E-state index in [4.69, 9.17) is 5.73 Å². The summed E-state index contributed by atoms with van der Waals surface area (Å²) in [5, 5.41) is 0. The van der Waals surface area contributed by atoms with Gasteiger partial charge in [0.25, 0.3) is 5.91 Å². The highest BCUT2D eigenvalue weighted by atomic mass is 19.1. The molecule has 1 atom stereocenters. The third-order valence-corrected chi connectivity index (χ3v) is 5.49. The summed E-state index contributed by atoms with van der Waals surface area (Å²) in [6.45, 7) is 3.96. The van der Waals surface area contributed by atoms with Gasteiger partial charge < -0.3 is 10.3 Å². The van der Waals surface area contributed by atoms with E-state index in [1.54, 1.807) is 12.1 Å². The van der Waals surface area contributed by atoms with Gasteiger partial charge in [-0.15, -0.1) is 0 Å². The molecule has 1 unspecified atom stereocenters. The number of hydrogen-bond donors (Lipinski definition) is 1. The molecule has 132 valence electrons. The smallest absolute Gasteiger partial charge is 0.251 e. The molecule has 0 saturated carbocycles. The minimum absolute atomic E-state index is 0.193. The van der Waals surface area contributed by atoms with Crippen molar-refractivity contribution in [2.24, 2.45) is 5.73 Å². The summed E-state index contributed by atoms with van der Waals surface area (Å²) < 4.78 is 15.6. The van der Waals surface area contributed by atoms with Crippen LogP contribution in [0.5, 0.6) is 0 Å². The molecule has 2 aromatic carbocycles. The average Bonchev–Trinajstić information content (AvgIpc) is 3.14. The number of hydrogen-bond acceptors (Lipinski definition) is 1. The molecule has 1 aliphatic carbocycles. The van der Waals surface area contributed by atoms with Crippen LogP contribution in [0.2, 0.25) is 0 Å². The SMILES string of the molecule is Cc1c(C(N)=O)c(-c2ccc(F)cc2)c(C)n1C1CCc2ccccc21. The number of amides is 1. The van der Waals surface area contributed by atoms with Crippen LogP contribution < -0.4 is 5.73 Å². The van der Waals surface area contributed by atoms with Gasteiger partial charge in [0.1, 0.15) is 5.82 Å². The molecule has 0 bridgehead atoms. The van der Waals surface area contributed by atoms with Crippen molar-refractivity contribution >= 4 is 5.91 Å². The van der Waals surface area contributed by atoms with E-state index in [-0.39, 0.29) is 11.9 Å². The molecule has 0 spiro atoms. The Kier molecular flexibility index (Phi) is 3.91. The predicted molar refractivity (Wildman–Crippen MR) is 101 cm³/mol. The number of aromatic nitrogens is 1. The third kappa shape index (κ3) is 2.45. The first kappa shape index (κ1) is 16.6. The summed E-state index contributed by atoms with van der Waals surface area (Å²) in [5.41, 5.74) is 12.4. The molecular formula is C22H21FN2O. The molecule has 2 N–H and O–H groups in total. The van der Waals surface area contributed by atoms with Crippen LogP contribution in [0, 0.1) is 19.7 Å². The third-order valence-electron chi connectivity index (χ3n) is 5.49. The molecule has 3 aromatic rings. The van der Waals surface area contributed by atoms with E-state index in [0.29, 0.717) is 5.56 Å². The number of rotatable bonds is 3. The highest BCUT2D eigenvalue weighted by Gasteiger charge is 2.30. The lowest BCUT2D eigenvalue weighted by molar-refractivity contribution is 0.1000. The summed E-state index contributed by atoms with van der Waals surface area (Å²) in [6, 6.07) is 14.9. The lowest BCUT2D eigenvalue weighted by Gasteiger charge is -2.19. The van der Waals surface area contributed by atoms with Crippen molar-refractivity contribution in [2.75, 3.05) is 0 Å². The molecule has 1 heterocycles. The Balaban J connectivity index is 1.94. The van der Waals surface area contributed by atoms with Crippen molar-refractivity contribution in [1.82, 2.24) is 4.57 Å². The highest BCUT2D eigenvalue weighted by molar-refractivity contribution is 6.02. The van der Waals surface area contributed by atoms with Gasteiger partial charge in [0.05, 0.1) is 11.6 Å². The maximum Gasteiger partial charge on any atom is 0.251 e. The number of halogens is 1. The first-order chi connectivity index (χ1) is 12.5. The fraction of sp³-hybridized carbons (Fsp3) is 0.227. The van der Waals surface area contributed by atoms with E-state index in [1.807, 2.05) is 13.8 Å². The van der Waals surface area contributed by atoms with Crippen molar-refractivity contribution in [3.8, 4) is 11.1 Å². The summed E-state index contributed by atoms with van der Waals surface area (Å²) in [4.78, 5) is 12.2. The predicted octanol–water partition coefficient (Wildman–Crippen LogP) is 4.55. The van der Waals surface area contributed by atoms with Gasteiger partial charge in [0, 0.05) is 17.0 Å². The number of nitrogens with zero attached hydrogens (tertiary/aromatic N) is 1. The summed E-state index contributed by atoms with van der Waals surface area (Å²) in [6.07, 6.45) is 2.02. The zero-order valence-corrected chi connectivity index (χ0v) is 14.9. The Morgan fingerprint density at radius 2 is 1.77 bits per heavy atom. The molecule has 4 rings (SSSR count). The van der Waals surface area contributed by atoms with Crippen LogP contribution in [-0.2, 0) is 6.42 Å². The van der Waals surface area contributed by atoms with Gasteiger partial charge in [-0.05, 0) is 55.5 Å². The standard InChI is InChI=1S/C22H21FN2O/c1-13-20(16-7-10-17(23)11-8-16)21(22(24)26)14(2)25(13)19-12-9-15-5-3-4-6-18(15)19/h3-8,10-11,19H,9,12H2,1-2H3,(H2,24,26). The normalized spacial score (nSPS) is 15.9. The Morgan fingerprint density at radius 3 is 2.46 bits per heavy atom. The maximum atomic E-state index is 13.4. The van der Waals surface area contributed by atoms with Crippen LogP contribution in [0.25, 0.3) is 11.1 Å². The van der Waals surface area contributed by atoms with Crippen LogP contribution in [0.15, 0.2) is 48.5 Å². The van der Waals surface area contributed by atoms with E-state index in [2.05, 4.69) is 28.8 Å². The number of carbonyl (C=O) groups is 1. The Labute approximate surface area is 152 Å². The van der Waals surface area contributed by atoms with Gasteiger partial charge in [0.2, 0.25) is 0 Å². The van der Waals surface area contributed by atoms with Crippen molar-refractivity contribution in [1.29, 1.82) is 0 Å². The monoisotopic (exact) mass is 348 g/mol. The number of aryl methyl sites for hydroxylation is 1. The summed E-state index contributed by atoms with van der Waals surface area (Å²) >= 11 is 0. The number of fused-ring (bicyclic) bond motifs is 1. The Morgan fingerprint density at radius 1 is 1.08 bits per heavy atom. The largest absolute Gasteiger partial charge is 0.366 e. The maximum absolute atomic E-state index is 13.4.